The predicted octanol–water partition coefficient (Wildman–Crippen LogP) is 6.68. The lowest BCUT2D eigenvalue weighted by Gasteiger charge is -2.17. The van der Waals surface area contributed by atoms with Crippen LogP contribution in [0.1, 0.15) is 39.6 Å². The minimum Gasteiger partial charge on any atom is -0.450 e. The van der Waals surface area contributed by atoms with E-state index in [9.17, 15) is 9.59 Å². The average Bonchev–Trinajstić information content (AvgIpc) is 2.82. The molecule has 1 atom stereocenters. The first-order valence-electron chi connectivity index (χ1n) is 10.4. The van der Waals surface area contributed by atoms with Crippen LogP contribution in [-0.2, 0) is 4.74 Å². The summed E-state index contributed by atoms with van der Waals surface area (Å²) < 4.78 is 5.72. The first-order chi connectivity index (χ1) is 15.5. The van der Waals surface area contributed by atoms with Crippen LogP contribution < -0.4 is 0 Å². The lowest BCUT2D eigenvalue weighted by Crippen LogP contribution is -2.27. The van der Waals surface area contributed by atoms with Crippen LogP contribution >= 0.6 is 11.6 Å². The Morgan fingerprint density at radius 3 is 2.38 bits per heavy atom. The van der Waals surface area contributed by atoms with Crippen molar-refractivity contribution in [3.05, 3.63) is 101 Å². The molecule has 4 aromatic rings. The van der Waals surface area contributed by atoms with E-state index in [1.165, 1.54) is 0 Å². The number of carbonyl (C=O) groups excluding carboxylic acids is 2. The molecule has 0 radical (unpaired) electrons. The Balaban J connectivity index is 1.75. The summed E-state index contributed by atoms with van der Waals surface area (Å²) in [6.45, 7) is 3.77. The van der Waals surface area contributed by atoms with Gasteiger partial charge in [0.1, 0.15) is 0 Å². The molecule has 0 saturated carbocycles. The topological polar surface area (TPSA) is 56.3 Å². The molecule has 4 nitrogen and oxygen atoms in total. The fourth-order valence-corrected chi connectivity index (χ4v) is 3.76. The number of benzene rings is 3. The molecule has 32 heavy (non-hydrogen) atoms. The number of Topliss-reactive ketones (excluding diaryl/α,β-unsaturated/α-hetero) is 1. The number of rotatable bonds is 6. The summed E-state index contributed by atoms with van der Waals surface area (Å²) in [4.78, 5) is 30.9. The first-order valence-corrected chi connectivity index (χ1v) is 10.8. The van der Waals surface area contributed by atoms with Gasteiger partial charge in [0.2, 0.25) is 5.78 Å². The monoisotopic (exact) mass is 443 g/mol. The molecule has 0 aliphatic heterocycles. The van der Waals surface area contributed by atoms with Crippen LogP contribution in [0.25, 0.3) is 22.2 Å². The second-order valence-electron chi connectivity index (χ2n) is 7.57. The van der Waals surface area contributed by atoms with Gasteiger partial charge in [-0.1, -0.05) is 79.2 Å². The van der Waals surface area contributed by atoms with Crippen molar-refractivity contribution < 1.29 is 14.3 Å². The summed E-state index contributed by atoms with van der Waals surface area (Å²) in [5, 5.41) is 1.31. The van der Waals surface area contributed by atoms with Crippen LogP contribution in [0.4, 0.5) is 0 Å². The maximum absolute atomic E-state index is 13.3. The average molecular weight is 444 g/mol. The molecular formula is C27H22ClNO3. The highest BCUT2D eigenvalue weighted by Crippen LogP contribution is 2.28. The van der Waals surface area contributed by atoms with Crippen molar-refractivity contribution in [2.24, 2.45) is 0 Å². The zero-order valence-corrected chi connectivity index (χ0v) is 18.6. The van der Waals surface area contributed by atoms with E-state index in [0.29, 0.717) is 39.2 Å². The van der Waals surface area contributed by atoms with E-state index in [1.807, 2.05) is 50.2 Å². The van der Waals surface area contributed by atoms with Gasteiger partial charge in [-0.2, -0.15) is 0 Å². The lowest BCUT2D eigenvalue weighted by molar-refractivity contribution is 0.0279. The van der Waals surface area contributed by atoms with E-state index in [4.69, 9.17) is 21.3 Å². The molecule has 0 spiro atoms. The summed E-state index contributed by atoms with van der Waals surface area (Å²) >= 11 is 6.03. The van der Waals surface area contributed by atoms with Gasteiger partial charge in [0.25, 0.3) is 0 Å². The molecule has 0 N–H and O–H groups in total. The predicted molar refractivity (Wildman–Crippen MR) is 127 cm³/mol. The number of ketones is 1. The number of hydrogen-bond donors (Lipinski definition) is 0. The summed E-state index contributed by atoms with van der Waals surface area (Å²) in [6, 6.07) is 23.5. The van der Waals surface area contributed by atoms with E-state index in [0.717, 1.165) is 11.1 Å². The molecule has 0 aliphatic carbocycles. The number of aromatic nitrogens is 1. The summed E-state index contributed by atoms with van der Waals surface area (Å²) in [7, 11) is 0. The van der Waals surface area contributed by atoms with Gasteiger partial charge in [-0.3, -0.25) is 4.79 Å². The van der Waals surface area contributed by atoms with Crippen molar-refractivity contribution in [1.82, 2.24) is 4.98 Å². The van der Waals surface area contributed by atoms with Crippen molar-refractivity contribution in [2.75, 3.05) is 0 Å². The van der Waals surface area contributed by atoms with Crippen molar-refractivity contribution in [3.63, 3.8) is 0 Å². The molecule has 0 amide bonds. The van der Waals surface area contributed by atoms with Crippen LogP contribution in [-0.4, -0.2) is 22.8 Å². The van der Waals surface area contributed by atoms with Crippen LogP contribution in [0.5, 0.6) is 0 Å². The normalized spacial score (nSPS) is 11.8. The third kappa shape index (κ3) is 4.41. The number of pyridine rings is 1. The Labute approximate surface area is 191 Å². The Kier molecular flexibility index (Phi) is 6.33. The Bertz CT molecular complexity index is 1280. The molecular weight excluding hydrogens is 422 g/mol. The Morgan fingerprint density at radius 2 is 1.69 bits per heavy atom. The van der Waals surface area contributed by atoms with Crippen molar-refractivity contribution in [1.29, 1.82) is 0 Å². The Hall–Kier alpha value is -3.50. The molecule has 160 valence electrons. The van der Waals surface area contributed by atoms with E-state index in [1.54, 1.807) is 42.5 Å². The van der Waals surface area contributed by atoms with Gasteiger partial charge in [-0.15, -0.1) is 0 Å². The van der Waals surface area contributed by atoms with E-state index in [-0.39, 0.29) is 5.78 Å². The second-order valence-corrected chi connectivity index (χ2v) is 8.00. The molecule has 0 unspecified atom stereocenters. The minimum atomic E-state index is -0.864. The van der Waals surface area contributed by atoms with Crippen LogP contribution in [0.15, 0.2) is 78.9 Å². The zero-order chi connectivity index (χ0) is 22.7. The highest BCUT2D eigenvalue weighted by molar-refractivity contribution is 6.30. The molecule has 5 heteroatoms. The fourth-order valence-electron chi connectivity index (χ4n) is 3.63. The van der Waals surface area contributed by atoms with Crippen LogP contribution in [0, 0.1) is 6.92 Å². The quantitative estimate of drug-likeness (QED) is 0.246. The summed E-state index contributed by atoms with van der Waals surface area (Å²) in [5.74, 6) is -0.761. The number of carbonyl (C=O) groups is 2. The second kappa shape index (κ2) is 9.33. The molecule has 3 aromatic carbocycles. The van der Waals surface area contributed by atoms with Gasteiger partial charge in [-0.05, 0) is 37.1 Å². The zero-order valence-electron chi connectivity index (χ0n) is 17.8. The van der Waals surface area contributed by atoms with Gasteiger partial charge < -0.3 is 4.74 Å². The smallest absolute Gasteiger partial charge is 0.339 e. The first kappa shape index (κ1) is 21.7. The lowest BCUT2D eigenvalue weighted by atomic mass is 10.0. The maximum atomic E-state index is 13.3. The molecule has 0 saturated heterocycles. The highest BCUT2D eigenvalue weighted by atomic mass is 35.5. The van der Waals surface area contributed by atoms with Crippen LogP contribution in [0.3, 0.4) is 0 Å². The number of esters is 1. The number of hydrogen-bond acceptors (Lipinski definition) is 4. The molecule has 0 fully saturated rings. The van der Waals surface area contributed by atoms with Gasteiger partial charge in [0, 0.05) is 21.5 Å². The highest BCUT2D eigenvalue weighted by Gasteiger charge is 2.25. The molecule has 1 heterocycles. The van der Waals surface area contributed by atoms with Gasteiger partial charge >= 0.3 is 5.97 Å². The van der Waals surface area contributed by atoms with Gasteiger partial charge in [0.05, 0.1) is 16.8 Å². The summed E-state index contributed by atoms with van der Waals surface area (Å²) in [5.41, 5.74) is 4.03. The largest absolute Gasteiger partial charge is 0.450 e. The van der Waals surface area contributed by atoms with Crippen molar-refractivity contribution in [3.8, 4) is 11.3 Å². The number of para-hydroxylation sites is 1. The third-order valence-electron chi connectivity index (χ3n) is 5.37. The van der Waals surface area contributed by atoms with Crippen LogP contribution in [0.2, 0.25) is 5.02 Å². The Morgan fingerprint density at radius 1 is 0.969 bits per heavy atom. The third-order valence-corrected chi connectivity index (χ3v) is 5.62. The molecule has 1 aromatic heterocycles. The molecule has 0 aliphatic rings. The number of fused-ring (bicyclic) bond motifs is 1. The minimum absolute atomic E-state index is 0.214. The fraction of sp³-hybridized carbons (Fsp3) is 0.148. The molecule has 4 rings (SSSR count). The maximum Gasteiger partial charge on any atom is 0.339 e. The van der Waals surface area contributed by atoms with E-state index in [2.05, 4.69) is 0 Å². The standard InChI is InChI=1S/C27H22ClNO3/c1-3-24(26(30)19-9-5-4-6-10-19)32-27(31)22-16-23(18-12-14-20(28)15-13-18)29-25-17(2)8-7-11-21(22)25/h4-16,24H,3H2,1-2H3/t24-/m1/s1. The number of ether oxygens (including phenoxy) is 1. The van der Waals surface area contributed by atoms with Crippen molar-refractivity contribution >= 4 is 34.3 Å². The number of halogens is 1. The molecule has 0 bridgehead atoms. The number of aryl methyl sites for hydroxylation is 1. The number of nitrogens with zero attached hydrogens (tertiary/aromatic N) is 1. The SMILES string of the molecule is CC[C@@H](OC(=O)c1cc(-c2ccc(Cl)cc2)nc2c(C)cccc12)C(=O)c1ccccc1. The van der Waals surface area contributed by atoms with Crippen molar-refractivity contribution in [2.45, 2.75) is 26.4 Å². The summed E-state index contributed by atoms with van der Waals surface area (Å²) in [6.07, 6.45) is -0.483. The van der Waals surface area contributed by atoms with E-state index < -0.39 is 12.1 Å². The van der Waals surface area contributed by atoms with Gasteiger partial charge in [-0.25, -0.2) is 9.78 Å². The van der Waals surface area contributed by atoms with Gasteiger partial charge in [0.15, 0.2) is 6.10 Å². The van der Waals surface area contributed by atoms with E-state index >= 15 is 0 Å².